The van der Waals surface area contributed by atoms with E-state index in [4.69, 9.17) is 9.47 Å². The van der Waals surface area contributed by atoms with Crippen molar-refractivity contribution >= 4 is 11.9 Å². The van der Waals surface area contributed by atoms with Crippen molar-refractivity contribution in [3.05, 3.63) is 65.2 Å². The molecule has 1 atom stereocenters. The third-order valence-corrected chi connectivity index (χ3v) is 3.54. The standard InChI is InChI=1S/C18H19NO4/c1-12(13-8-10-14(22-2)11-9-13)19-17(20)15-6-4-5-7-16(15)18(21)23-3/h4-12H,1-3H3,(H,19,20). The van der Waals surface area contributed by atoms with Crippen molar-refractivity contribution in [3.63, 3.8) is 0 Å². The maximum atomic E-state index is 12.4. The Morgan fingerprint density at radius 2 is 1.57 bits per heavy atom. The van der Waals surface area contributed by atoms with Crippen molar-refractivity contribution in [2.45, 2.75) is 13.0 Å². The summed E-state index contributed by atoms with van der Waals surface area (Å²) in [7, 11) is 2.89. The smallest absolute Gasteiger partial charge is 0.338 e. The Morgan fingerprint density at radius 3 is 2.13 bits per heavy atom. The molecule has 0 heterocycles. The minimum atomic E-state index is -0.534. The van der Waals surface area contributed by atoms with E-state index in [0.29, 0.717) is 5.56 Å². The van der Waals surface area contributed by atoms with Gasteiger partial charge >= 0.3 is 5.97 Å². The van der Waals surface area contributed by atoms with Crippen molar-refractivity contribution in [3.8, 4) is 5.75 Å². The maximum absolute atomic E-state index is 12.4. The molecular formula is C18H19NO4. The van der Waals surface area contributed by atoms with Crippen LogP contribution in [0.3, 0.4) is 0 Å². The van der Waals surface area contributed by atoms with Gasteiger partial charge in [0.2, 0.25) is 0 Å². The summed E-state index contributed by atoms with van der Waals surface area (Å²) in [6, 6.07) is 13.8. The van der Waals surface area contributed by atoms with Gasteiger partial charge in [-0.25, -0.2) is 4.79 Å². The van der Waals surface area contributed by atoms with E-state index in [1.165, 1.54) is 7.11 Å². The molecule has 2 aromatic rings. The van der Waals surface area contributed by atoms with Crippen LogP contribution in [0.1, 0.15) is 39.2 Å². The second kappa shape index (κ2) is 7.45. The molecule has 0 saturated carbocycles. The maximum Gasteiger partial charge on any atom is 0.338 e. The number of benzene rings is 2. The third kappa shape index (κ3) is 3.88. The van der Waals surface area contributed by atoms with Gasteiger partial charge in [0.15, 0.2) is 0 Å². The fourth-order valence-corrected chi connectivity index (χ4v) is 2.22. The minimum absolute atomic E-state index is 0.209. The molecule has 0 saturated heterocycles. The van der Waals surface area contributed by atoms with Crippen molar-refractivity contribution in [2.24, 2.45) is 0 Å². The van der Waals surface area contributed by atoms with E-state index >= 15 is 0 Å². The number of amides is 1. The van der Waals surface area contributed by atoms with Gasteiger partial charge in [0.05, 0.1) is 31.4 Å². The lowest BCUT2D eigenvalue weighted by molar-refractivity contribution is 0.0596. The Bertz CT molecular complexity index is 694. The molecule has 1 unspecified atom stereocenters. The van der Waals surface area contributed by atoms with Gasteiger partial charge in [-0.05, 0) is 36.8 Å². The van der Waals surface area contributed by atoms with Crippen LogP contribution in [0.2, 0.25) is 0 Å². The predicted molar refractivity (Wildman–Crippen MR) is 86.7 cm³/mol. The highest BCUT2D eigenvalue weighted by Crippen LogP contribution is 2.18. The predicted octanol–water partition coefficient (Wildman–Crippen LogP) is 2.97. The highest BCUT2D eigenvalue weighted by atomic mass is 16.5. The Morgan fingerprint density at radius 1 is 0.957 bits per heavy atom. The fraction of sp³-hybridized carbons (Fsp3) is 0.222. The van der Waals surface area contributed by atoms with Gasteiger partial charge in [-0.2, -0.15) is 0 Å². The Labute approximate surface area is 135 Å². The monoisotopic (exact) mass is 313 g/mol. The first-order chi connectivity index (χ1) is 11.1. The van der Waals surface area contributed by atoms with E-state index in [2.05, 4.69) is 5.32 Å². The van der Waals surface area contributed by atoms with E-state index in [0.717, 1.165) is 11.3 Å². The second-order valence-electron chi connectivity index (χ2n) is 5.01. The van der Waals surface area contributed by atoms with Crippen LogP contribution < -0.4 is 10.1 Å². The zero-order chi connectivity index (χ0) is 16.8. The van der Waals surface area contributed by atoms with Gasteiger partial charge in [0.1, 0.15) is 5.75 Å². The molecule has 5 heteroatoms. The second-order valence-corrected chi connectivity index (χ2v) is 5.01. The van der Waals surface area contributed by atoms with Crippen LogP contribution in [0.15, 0.2) is 48.5 Å². The minimum Gasteiger partial charge on any atom is -0.497 e. The van der Waals surface area contributed by atoms with Gasteiger partial charge < -0.3 is 14.8 Å². The van der Waals surface area contributed by atoms with Crippen molar-refractivity contribution in [1.29, 1.82) is 0 Å². The SMILES string of the molecule is COC(=O)c1ccccc1C(=O)NC(C)c1ccc(OC)cc1. The summed E-state index contributed by atoms with van der Waals surface area (Å²) in [6.45, 7) is 1.88. The van der Waals surface area contributed by atoms with E-state index in [1.54, 1.807) is 31.4 Å². The van der Waals surface area contributed by atoms with Gasteiger partial charge in [-0.3, -0.25) is 4.79 Å². The molecule has 0 aliphatic heterocycles. The van der Waals surface area contributed by atoms with Gasteiger partial charge in [0.25, 0.3) is 5.91 Å². The molecule has 0 spiro atoms. The molecular weight excluding hydrogens is 294 g/mol. The molecule has 120 valence electrons. The summed E-state index contributed by atoms with van der Waals surface area (Å²) in [5, 5.41) is 2.88. The number of carbonyl (C=O) groups excluding carboxylic acids is 2. The number of ether oxygens (including phenoxy) is 2. The summed E-state index contributed by atoms with van der Waals surface area (Å²) < 4.78 is 9.82. The van der Waals surface area contributed by atoms with E-state index in [-0.39, 0.29) is 17.5 Å². The van der Waals surface area contributed by atoms with Crippen LogP contribution in [-0.4, -0.2) is 26.1 Å². The van der Waals surface area contributed by atoms with Crippen molar-refractivity contribution in [2.75, 3.05) is 14.2 Å². The van der Waals surface area contributed by atoms with Crippen LogP contribution in [0.25, 0.3) is 0 Å². The number of nitrogens with one attached hydrogen (secondary N) is 1. The number of methoxy groups -OCH3 is 2. The average molecular weight is 313 g/mol. The molecule has 0 aliphatic rings. The number of carbonyl (C=O) groups is 2. The molecule has 2 aromatic carbocycles. The first-order valence-corrected chi connectivity index (χ1v) is 7.19. The van der Waals surface area contributed by atoms with Crippen LogP contribution in [-0.2, 0) is 4.74 Å². The van der Waals surface area contributed by atoms with Crippen LogP contribution in [0.4, 0.5) is 0 Å². The molecule has 2 rings (SSSR count). The van der Waals surface area contributed by atoms with Gasteiger partial charge in [0, 0.05) is 0 Å². The molecule has 0 aromatic heterocycles. The lowest BCUT2D eigenvalue weighted by Gasteiger charge is -2.16. The van der Waals surface area contributed by atoms with Gasteiger partial charge in [-0.15, -0.1) is 0 Å². The molecule has 23 heavy (non-hydrogen) atoms. The topological polar surface area (TPSA) is 64.6 Å². The van der Waals surface area contributed by atoms with E-state index in [1.807, 2.05) is 31.2 Å². The lowest BCUT2D eigenvalue weighted by Crippen LogP contribution is -2.28. The summed E-state index contributed by atoms with van der Waals surface area (Å²) >= 11 is 0. The highest BCUT2D eigenvalue weighted by molar-refractivity contribution is 6.05. The first-order valence-electron chi connectivity index (χ1n) is 7.19. The Balaban J connectivity index is 2.16. The number of esters is 1. The number of hydrogen-bond donors (Lipinski definition) is 1. The zero-order valence-corrected chi connectivity index (χ0v) is 13.3. The molecule has 0 radical (unpaired) electrons. The fourth-order valence-electron chi connectivity index (χ4n) is 2.22. The molecule has 5 nitrogen and oxygen atoms in total. The van der Waals surface area contributed by atoms with Crippen molar-refractivity contribution < 1.29 is 19.1 Å². The zero-order valence-electron chi connectivity index (χ0n) is 13.3. The van der Waals surface area contributed by atoms with E-state index < -0.39 is 5.97 Å². The largest absolute Gasteiger partial charge is 0.497 e. The third-order valence-electron chi connectivity index (χ3n) is 3.54. The molecule has 0 fully saturated rings. The molecule has 1 amide bonds. The number of hydrogen-bond acceptors (Lipinski definition) is 4. The molecule has 0 bridgehead atoms. The van der Waals surface area contributed by atoms with Crippen LogP contribution in [0, 0.1) is 0 Å². The first kappa shape index (κ1) is 16.5. The highest BCUT2D eigenvalue weighted by Gasteiger charge is 2.18. The summed E-state index contributed by atoms with van der Waals surface area (Å²) in [4.78, 5) is 24.2. The van der Waals surface area contributed by atoms with E-state index in [9.17, 15) is 9.59 Å². The van der Waals surface area contributed by atoms with Crippen molar-refractivity contribution in [1.82, 2.24) is 5.32 Å². The summed E-state index contributed by atoms with van der Waals surface area (Å²) in [5.41, 5.74) is 1.48. The normalized spacial score (nSPS) is 11.4. The summed E-state index contributed by atoms with van der Waals surface area (Å²) in [6.07, 6.45) is 0. The Hall–Kier alpha value is -2.82. The van der Waals surface area contributed by atoms with Crippen LogP contribution >= 0.6 is 0 Å². The Kier molecular flexibility index (Phi) is 5.36. The number of rotatable bonds is 5. The quantitative estimate of drug-likeness (QED) is 0.862. The van der Waals surface area contributed by atoms with Crippen LogP contribution in [0.5, 0.6) is 5.75 Å². The molecule has 1 N–H and O–H groups in total. The van der Waals surface area contributed by atoms with Gasteiger partial charge in [-0.1, -0.05) is 24.3 Å². The lowest BCUT2D eigenvalue weighted by atomic mass is 10.0. The average Bonchev–Trinajstić information content (AvgIpc) is 2.61. The summed E-state index contributed by atoms with van der Waals surface area (Å²) in [5.74, 6) is -0.106. The molecule has 0 aliphatic carbocycles.